The summed E-state index contributed by atoms with van der Waals surface area (Å²) < 4.78 is 5.35. The third-order valence-electron chi connectivity index (χ3n) is 5.59. The number of piperidine rings is 1. The first-order valence-corrected chi connectivity index (χ1v) is 9.54. The predicted molar refractivity (Wildman–Crippen MR) is 115 cm³/mol. The van der Waals surface area contributed by atoms with Crippen molar-refractivity contribution in [1.82, 2.24) is 10.2 Å². The van der Waals surface area contributed by atoms with Gasteiger partial charge in [-0.05, 0) is 76.0 Å². The molecule has 3 rings (SSSR count). The average molecular weight is 418 g/mol. The van der Waals surface area contributed by atoms with Gasteiger partial charge in [0.25, 0.3) is 0 Å². The summed E-state index contributed by atoms with van der Waals surface area (Å²) in [7, 11) is 1.67. The van der Waals surface area contributed by atoms with E-state index in [0.717, 1.165) is 44.6 Å². The van der Waals surface area contributed by atoms with Gasteiger partial charge in [0.15, 0.2) is 0 Å². The molecule has 1 aromatic rings. The summed E-state index contributed by atoms with van der Waals surface area (Å²) in [5.74, 6) is 0.0840. The standard InChI is InChI=1S/C20H31N3O2.2ClH/c1-25-16-20(9-11-21-12-10-20)19(24)22-18-6-4-17(5-7-18)8-15-23-13-2-3-14-23;;/h4-7,21H,2-3,8-16H2,1H3,(H,22,24);2*1H. The van der Waals surface area contributed by atoms with Crippen molar-refractivity contribution in [3.05, 3.63) is 29.8 Å². The lowest BCUT2D eigenvalue weighted by atomic mass is 9.78. The van der Waals surface area contributed by atoms with E-state index in [9.17, 15) is 4.79 Å². The van der Waals surface area contributed by atoms with Crippen molar-refractivity contribution in [3.8, 4) is 0 Å². The van der Waals surface area contributed by atoms with Crippen molar-refractivity contribution in [2.45, 2.75) is 32.1 Å². The van der Waals surface area contributed by atoms with Gasteiger partial charge in [-0.3, -0.25) is 4.79 Å². The number of anilines is 1. The van der Waals surface area contributed by atoms with Crippen LogP contribution in [0.15, 0.2) is 24.3 Å². The first-order chi connectivity index (χ1) is 12.2. The number of carbonyl (C=O) groups is 1. The number of hydrogen-bond acceptors (Lipinski definition) is 4. The van der Waals surface area contributed by atoms with Crippen LogP contribution in [-0.4, -0.2) is 57.2 Å². The highest BCUT2D eigenvalue weighted by Gasteiger charge is 2.39. The fourth-order valence-corrected chi connectivity index (χ4v) is 3.93. The van der Waals surface area contributed by atoms with Crippen LogP contribution in [0.25, 0.3) is 0 Å². The van der Waals surface area contributed by atoms with Gasteiger partial charge in [-0.25, -0.2) is 0 Å². The van der Waals surface area contributed by atoms with Crippen LogP contribution in [0.3, 0.4) is 0 Å². The van der Waals surface area contributed by atoms with Gasteiger partial charge < -0.3 is 20.3 Å². The number of ether oxygens (including phenoxy) is 1. The molecule has 0 unspecified atom stereocenters. The van der Waals surface area contributed by atoms with E-state index < -0.39 is 5.41 Å². The Morgan fingerprint density at radius 3 is 2.37 bits per heavy atom. The second-order valence-corrected chi connectivity index (χ2v) is 7.41. The number of nitrogens with one attached hydrogen (secondary N) is 2. The summed E-state index contributed by atoms with van der Waals surface area (Å²) in [6.45, 7) is 5.83. The van der Waals surface area contributed by atoms with Crippen LogP contribution in [0.4, 0.5) is 5.69 Å². The zero-order chi connectivity index (χ0) is 17.5. The Balaban J connectivity index is 0.00000182. The monoisotopic (exact) mass is 417 g/mol. The van der Waals surface area contributed by atoms with Crippen LogP contribution in [0.2, 0.25) is 0 Å². The number of methoxy groups -OCH3 is 1. The molecule has 1 amide bonds. The Kier molecular flexibility index (Phi) is 10.6. The van der Waals surface area contributed by atoms with E-state index in [-0.39, 0.29) is 30.7 Å². The molecule has 2 heterocycles. The maximum absolute atomic E-state index is 12.8. The molecule has 154 valence electrons. The van der Waals surface area contributed by atoms with E-state index in [0.29, 0.717) is 6.61 Å². The molecule has 2 fully saturated rings. The van der Waals surface area contributed by atoms with E-state index in [1.807, 2.05) is 12.1 Å². The minimum Gasteiger partial charge on any atom is -0.384 e. The lowest BCUT2D eigenvalue weighted by Gasteiger charge is -2.35. The fraction of sp³-hybridized carbons (Fsp3) is 0.650. The molecule has 0 radical (unpaired) electrons. The van der Waals surface area contributed by atoms with Crippen molar-refractivity contribution in [3.63, 3.8) is 0 Å². The number of nitrogens with zero attached hydrogens (tertiary/aromatic N) is 1. The summed E-state index contributed by atoms with van der Waals surface area (Å²) >= 11 is 0. The Hall–Kier alpha value is -0.850. The Bertz CT molecular complexity index is 551. The fourth-order valence-electron chi connectivity index (χ4n) is 3.93. The molecule has 27 heavy (non-hydrogen) atoms. The molecular formula is C20H33Cl2N3O2. The topological polar surface area (TPSA) is 53.6 Å². The molecule has 2 aliphatic rings. The van der Waals surface area contributed by atoms with E-state index in [2.05, 4.69) is 27.7 Å². The zero-order valence-electron chi connectivity index (χ0n) is 16.2. The Morgan fingerprint density at radius 1 is 1.15 bits per heavy atom. The maximum Gasteiger partial charge on any atom is 0.233 e. The second-order valence-electron chi connectivity index (χ2n) is 7.41. The van der Waals surface area contributed by atoms with E-state index in [4.69, 9.17) is 4.74 Å². The summed E-state index contributed by atoms with van der Waals surface area (Å²) in [6.07, 6.45) is 5.39. The van der Waals surface area contributed by atoms with Gasteiger partial charge in [0.2, 0.25) is 5.91 Å². The van der Waals surface area contributed by atoms with Gasteiger partial charge in [-0.1, -0.05) is 12.1 Å². The molecule has 7 heteroatoms. The minimum absolute atomic E-state index is 0. The molecular weight excluding hydrogens is 385 g/mol. The lowest BCUT2D eigenvalue weighted by Crippen LogP contribution is -2.47. The lowest BCUT2D eigenvalue weighted by molar-refractivity contribution is -0.130. The minimum atomic E-state index is -0.408. The SMILES string of the molecule is COCC1(C(=O)Nc2ccc(CCN3CCCC3)cc2)CCNCC1.Cl.Cl. The van der Waals surface area contributed by atoms with E-state index >= 15 is 0 Å². The van der Waals surface area contributed by atoms with Crippen LogP contribution in [0.1, 0.15) is 31.2 Å². The van der Waals surface area contributed by atoms with Gasteiger partial charge in [0.05, 0.1) is 12.0 Å². The largest absolute Gasteiger partial charge is 0.384 e. The summed E-state index contributed by atoms with van der Waals surface area (Å²) in [4.78, 5) is 15.4. The number of rotatable bonds is 7. The van der Waals surface area contributed by atoms with E-state index in [1.165, 1.54) is 31.5 Å². The Labute approximate surface area is 175 Å². The molecule has 0 saturated carbocycles. The number of carbonyl (C=O) groups excluding carboxylic acids is 1. The maximum atomic E-state index is 12.8. The van der Waals surface area contributed by atoms with Crippen molar-refractivity contribution >= 4 is 36.4 Å². The predicted octanol–water partition coefficient (Wildman–Crippen LogP) is 3.12. The molecule has 2 aliphatic heterocycles. The quantitative estimate of drug-likeness (QED) is 0.715. The first-order valence-electron chi connectivity index (χ1n) is 9.54. The number of likely N-dealkylation sites (tertiary alicyclic amines) is 1. The molecule has 0 aliphatic carbocycles. The molecule has 0 bridgehead atoms. The smallest absolute Gasteiger partial charge is 0.233 e. The van der Waals surface area contributed by atoms with Crippen LogP contribution in [0.5, 0.6) is 0 Å². The molecule has 1 aromatic carbocycles. The molecule has 0 atom stereocenters. The first kappa shape index (κ1) is 24.2. The number of benzene rings is 1. The second kappa shape index (κ2) is 11.9. The molecule has 0 spiro atoms. The normalized spacial score (nSPS) is 19.0. The van der Waals surface area contributed by atoms with Gasteiger partial charge in [-0.15, -0.1) is 24.8 Å². The number of halogens is 2. The third-order valence-corrected chi connectivity index (χ3v) is 5.59. The van der Waals surface area contributed by atoms with Gasteiger partial charge in [-0.2, -0.15) is 0 Å². The van der Waals surface area contributed by atoms with Crippen LogP contribution in [0, 0.1) is 5.41 Å². The van der Waals surface area contributed by atoms with Gasteiger partial charge >= 0.3 is 0 Å². The highest BCUT2D eigenvalue weighted by atomic mass is 35.5. The van der Waals surface area contributed by atoms with Gasteiger partial charge in [0, 0.05) is 19.3 Å². The number of hydrogen-bond donors (Lipinski definition) is 2. The third kappa shape index (κ3) is 6.61. The number of amides is 1. The molecule has 5 nitrogen and oxygen atoms in total. The molecule has 2 N–H and O–H groups in total. The van der Waals surface area contributed by atoms with Gasteiger partial charge in [0.1, 0.15) is 0 Å². The van der Waals surface area contributed by atoms with Crippen molar-refractivity contribution in [1.29, 1.82) is 0 Å². The summed E-state index contributed by atoms with van der Waals surface area (Å²) in [6, 6.07) is 8.33. The van der Waals surface area contributed by atoms with Crippen LogP contribution < -0.4 is 10.6 Å². The van der Waals surface area contributed by atoms with Crippen molar-refractivity contribution < 1.29 is 9.53 Å². The molecule has 0 aromatic heterocycles. The van der Waals surface area contributed by atoms with Crippen molar-refractivity contribution in [2.75, 3.05) is 51.8 Å². The highest BCUT2D eigenvalue weighted by molar-refractivity contribution is 5.95. The van der Waals surface area contributed by atoms with Crippen molar-refractivity contribution in [2.24, 2.45) is 5.41 Å². The summed E-state index contributed by atoms with van der Waals surface area (Å²) in [5.41, 5.74) is 1.80. The Morgan fingerprint density at radius 2 is 1.78 bits per heavy atom. The van der Waals surface area contributed by atoms with E-state index in [1.54, 1.807) is 7.11 Å². The van der Waals surface area contributed by atoms with Crippen LogP contribution >= 0.6 is 24.8 Å². The average Bonchev–Trinajstić information content (AvgIpc) is 3.16. The van der Waals surface area contributed by atoms with Crippen LogP contribution in [-0.2, 0) is 16.0 Å². The highest BCUT2D eigenvalue weighted by Crippen LogP contribution is 2.31. The zero-order valence-corrected chi connectivity index (χ0v) is 17.8. The summed E-state index contributed by atoms with van der Waals surface area (Å²) in [5, 5.41) is 6.43. The molecule has 2 saturated heterocycles.